The molecule has 0 bridgehead atoms. The summed E-state index contributed by atoms with van der Waals surface area (Å²) in [5, 5.41) is -0.778. The van der Waals surface area contributed by atoms with Gasteiger partial charge in [0.25, 0.3) is 0 Å². The molecular formula is C16H25NO3S. The fraction of sp³-hybridized carbons (Fsp3) is 0.625. The Kier molecular flexibility index (Phi) is 5.27. The Hall–Kier alpha value is -1.07. The van der Waals surface area contributed by atoms with Crippen molar-refractivity contribution in [3.63, 3.8) is 0 Å². The summed E-state index contributed by atoms with van der Waals surface area (Å²) in [6, 6.07) is 6.82. The molecular weight excluding hydrogens is 286 g/mol. The molecule has 1 saturated carbocycles. The van der Waals surface area contributed by atoms with Crippen LogP contribution in [-0.4, -0.2) is 26.0 Å². The Labute approximate surface area is 127 Å². The molecule has 0 saturated heterocycles. The summed E-state index contributed by atoms with van der Waals surface area (Å²) in [5.41, 5.74) is 7.04. The van der Waals surface area contributed by atoms with Crippen molar-refractivity contribution in [3.8, 4) is 5.75 Å². The molecule has 1 fully saturated rings. The highest BCUT2D eigenvalue weighted by atomic mass is 32.2. The van der Waals surface area contributed by atoms with Crippen LogP contribution in [0.4, 0.5) is 0 Å². The molecule has 0 heterocycles. The summed E-state index contributed by atoms with van der Waals surface area (Å²) in [5.74, 6) is 0.744. The number of ether oxygens (including phenoxy) is 1. The van der Waals surface area contributed by atoms with Gasteiger partial charge in [-0.2, -0.15) is 0 Å². The molecule has 2 rings (SSSR count). The lowest BCUT2D eigenvalue weighted by molar-refractivity contribution is 0.414. The number of nitrogens with two attached hydrogens (primary N) is 1. The molecule has 1 aromatic carbocycles. The van der Waals surface area contributed by atoms with Gasteiger partial charge in [-0.05, 0) is 37.5 Å². The monoisotopic (exact) mass is 311 g/mol. The second-order valence-electron chi connectivity index (χ2n) is 5.85. The third-order valence-corrected chi connectivity index (χ3v) is 7.27. The highest BCUT2D eigenvalue weighted by Crippen LogP contribution is 2.30. The average Bonchev–Trinajstić information content (AvgIpc) is 2.54. The van der Waals surface area contributed by atoms with Crippen LogP contribution in [0.15, 0.2) is 24.3 Å². The van der Waals surface area contributed by atoms with Gasteiger partial charge in [0.1, 0.15) is 5.75 Å². The minimum atomic E-state index is -3.18. The van der Waals surface area contributed by atoms with E-state index in [4.69, 9.17) is 10.5 Å². The maximum atomic E-state index is 12.7. The van der Waals surface area contributed by atoms with Crippen molar-refractivity contribution in [1.82, 2.24) is 0 Å². The van der Waals surface area contributed by atoms with Crippen molar-refractivity contribution in [2.45, 2.75) is 55.6 Å². The van der Waals surface area contributed by atoms with Crippen molar-refractivity contribution in [2.24, 2.45) is 5.73 Å². The van der Waals surface area contributed by atoms with E-state index >= 15 is 0 Å². The van der Waals surface area contributed by atoms with Gasteiger partial charge in [-0.25, -0.2) is 8.42 Å². The van der Waals surface area contributed by atoms with E-state index in [1.165, 1.54) is 0 Å². The van der Waals surface area contributed by atoms with Crippen LogP contribution in [0.25, 0.3) is 0 Å². The molecule has 1 aromatic rings. The van der Waals surface area contributed by atoms with Gasteiger partial charge in [-0.1, -0.05) is 31.4 Å². The van der Waals surface area contributed by atoms with Gasteiger partial charge in [0.05, 0.1) is 17.6 Å². The van der Waals surface area contributed by atoms with Crippen LogP contribution in [0.2, 0.25) is 0 Å². The van der Waals surface area contributed by atoms with Gasteiger partial charge in [-0.3, -0.25) is 0 Å². The van der Waals surface area contributed by atoms with Crippen LogP contribution in [0.3, 0.4) is 0 Å². The number of sulfone groups is 1. The zero-order valence-electron chi connectivity index (χ0n) is 12.8. The summed E-state index contributed by atoms with van der Waals surface area (Å²) in [4.78, 5) is 0. The molecule has 0 aliphatic heterocycles. The van der Waals surface area contributed by atoms with E-state index in [2.05, 4.69) is 0 Å². The number of methoxy groups -OCH3 is 1. The number of rotatable bonds is 5. The SMILES string of the molecule is COc1ccc(C(N)C(C)S(=O)(=O)C2CCCCC2)cc1. The Morgan fingerprint density at radius 3 is 2.24 bits per heavy atom. The van der Waals surface area contributed by atoms with Gasteiger partial charge in [0.2, 0.25) is 0 Å². The predicted octanol–water partition coefficient (Wildman–Crippen LogP) is 2.83. The van der Waals surface area contributed by atoms with Crippen LogP contribution in [-0.2, 0) is 9.84 Å². The number of benzene rings is 1. The minimum absolute atomic E-state index is 0.217. The van der Waals surface area contributed by atoms with Crippen LogP contribution in [0.5, 0.6) is 5.75 Å². The lowest BCUT2D eigenvalue weighted by Gasteiger charge is -2.28. The highest BCUT2D eigenvalue weighted by Gasteiger charge is 2.35. The van der Waals surface area contributed by atoms with E-state index in [1.54, 1.807) is 14.0 Å². The number of hydrogen-bond donors (Lipinski definition) is 1. The van der Waals surface area contributed by atoms with Crippen molar-refractivity contribution in [3.05, 3.63) is 29.8 Å². The van der Waals surface area contributed by atoms with Crippen LogP contribution in [0.1, 0.15) is 50.6 Å². The lowest BCUT2D eigenvalue weighted by atomic mass is 10.0. The largest absolute Gasteiger partial charge is 0.497 e. The van der Waals surface area contributed by atoms with Gasteiger partial charge >= 0.3 is 0 Å². The van der Waals surface area contributed by atoms with Crippen LogP contribution in [0, 0.1) is 0 Å². The second-order valence-corrected chi connectivity index (χ2v) is 8.44. The molecule has 1 aliphatic rings. The zero-order valence-corrected chi connectivity index (χ0v) is 13.6. The summed E-state index contributed by atoms with van der Waals surface area (Å²) in [6.45, 7) is 1.73. The first-order valence-corrected chi connectivity index (χ1v) is 9.20. The third-order valence-electron chi connectivity index (χ3n) is 4.54. The van der Waals surface area contributed by atoms with Gasteiger partial charge in [0, 0.05) is 6.04 Å². The van der Waals surface area contributed by atoms with Crippen LogP contribution < -0.4 is 10.5 Å². The Morgan fingerprint density at radius 1 is 1.14 bits per heavy atom. The second kappa shape index (κ2) is 6.79. The average molecular weight is 311 g/mol. The smallest absolute Gasteiger partial charge is 0.157 e. The van der Waals surface area contributed by atoms with Crippen molar-refractivity contribution < 1.29 is 13.2 Å². The molecule has 2 N–H and O–H groups in total. The normalized spacial score (nSPS) is 20.0. The minimum Gasteiger partial charge on any atom is -0.497 e. The first kappa shape index (κ1) is 16.3. The van der Waals surface area contributed by atoms with Crippen molar-refractivity contribution in [2.75, 3.05) is 7.11 Å². The molecule has 118 valence electrons. The van der Waals surface area contributed by atoms with Crippen molar-refractivity contribution >= 4 is 9.84 Å². The predicted molar refractivity (Wildman–Crippen MR) is 85.2 cm³/mol. The maximum absolute atomic E-state index is 12.7. The summed E-state index contributed by atoms with van der Waals surface area (Å²) >= 11 is 0. The number of hydrogen-bond acceptors (Lipinski definition) is 4. The standard InChI is InChI=1S/C16H25NO3S/c1-12(21(18,19)15-6-4-3-5-7-15)16(17)13-8-10-14(20-2)11-9-13/h8-12,15-16H,3-7,17H2,1-2H3. The fourth-order valence-corrected chi connectivity index (χ4v) is 5.16. The molecule has 0 amide bonds. The molecule has 0 aromatic heterocycles. The summed E-state index contributed by atoms with van der Waals surface area (Å²) < 4.78 is 30.6. The molecule has 0 spiro atoms. The van der Waals surface area contributed by atoms with E-state index in [0.717, 1.165) is 43.4 Å². The van der Waals surface area contributed by atoms with E-state index in [-0.39, 0.29) is 5.25 Å². The molecule has 2 unspecified atom stereocenters. The fourth-order valence-electron chi connectivity index (χ4n) is 3.00. The topological polar surface area (TPSA) is 69.4 Å². The molecule has 0 radical (unpaired) electrons. The maximum Gasteiger partial charge on any atom is 0.157 e. The molecule has 2 atom stereocenters. The Bertz CT molecular complexity index is 547. The van der Waals surface area contributed by atoms with E-state index in [9.17, 15) is 8.42 Å². The zero-order chi connectivity index (χ0) is 15.5. The van der Waals surface area contributed by atoms with Gasteiger partial charge in [0.15, 0.2) is 9.84 Å². The quantitative estimate of drug-likeness (QED) is 0.908. The first-order chi connectivity index (χ1) is 9.96. The third kappa shape index (κ3) is 3.58. The van der Waals surface area contributed by atoms with Crippen molar-refractivity contribution in [1.29, 1.82) is 0 Å². The highest BCUT2D eigenvalue weighted by molar-refractivity contribution is 7.92. The lowest BCUT2D eigenvalue weighted by Crippen LogP contribution is -2.38. The van der Waals surface area contributed by atoms with E-state index < -0.39 is 21.1 Å². The van der Waals surface area contributed by atoms with Gasteiger partial charge < -0.3 is 10.5 Å². The van der Waals surface area contributed by atoms with Crippen LogP contribution >= 0.6 is 0 Å². The summed E-state index contributed by atoms with van der Waals surface area (Å²) in [7, 11) is -1.58. The molecule has 5 heteroatoms. The Morgan fingerprint density at radius 2 is 1.71 bits per heavy atom. The molecule has 4 nitrogen and oxygen atoms in total. The first-order valence-electron chi connectivity index (χ1n) is 7.59. The van der Waals surface area contributed by atoms with E-state index in [0.29, 0.717) is 0 Å². The molecule has 21 heavy (non-hydrogen) atoms. The van der Waals surface area contributed by atoms with Gasteiger partial charge in [-0.15, -0.1) is 0 Å². The molecule has 1 aliphatic carbocycles. The summed E-state index contributed by atoms with van der Waals surface area (Å²) in [6.07, 6.45) is 4.72. The van der Waals surface area contributed by atoms with E-state index in [1.807, 2.05) is 24.3 Å². The Balaban J connectivity index is 2.14.